The number of benzene rings is 1. The quantitative estimate of drug-likeness (QED) is 0.468. The van der Waals surface area contributed by atoms with Crippen LogP contribution in [0.4, 0.5) is 8.78 Å². The second-order valence-corrected chi connectivity index (χ2v) is 4.71. The second-order valence-electron chi connectivity index (χ2n) is 4.71. The molecule has 1 aromatic rings. The van der Waals surface area contributed by atoms with Crippen molar-refractivity contribution in [1.29, 1.82) is 0 Å². The predicted molar refractivity (Wildman–Crippen MR) is 69.2 cm³/mol. The molecule has 0 bridgehead atoms. The topological polar surface area (TPSA) is 52.0 Å². The fourth-order valence-electron chi connectivity index (χ4n) is 2.31. The first kappa shape index (κ1) is 13.8. The van der Waals surface area contributed by atoms with Gasteiger partial charge < -0.3 is 0 Å². The molecule has 0 aromatic heterocycles. The summed E-state index contributed by atoms with van der Waals surface area (Å²) < 4.78 is 27.8. The van der Waals surface area contributed by atoms with Gasteiger partial charge in [0.25, 0.3) is 0 Å². The minimum absolute atomic E-state index is 0.122. The Morgan fingerprint density at radius 2 is 2.16 bits per heavy atom. The van der Waals surface area contributed by atoms with Gasteiger partial charge in [0.15, 0.2) is 0 Å². The van der Waals surface area contributed by atoms with Crippen LogP contribution >= 0.6 is 0 Å². The van der Waals surface area contributed by atoms with E-state index in [4.69, 9.17) is 5.53 Å². The van der Waals surface area contributed by atoms with E-state index in [9.17, 15) is 8.78 Å². The lowest BCUT2D eigenvalue weighted by atomic mass is 10.0. The molecule has 1 aromatic carbocycles. The third-order valence-corrected chi connectivity index (χ3v) is 3.37. The van der Waals surface area contributed by atoms with E-state index in [1.165, 1.54) is 0 Å². The van der Waals surface area contributed by atoms with E-state index in [2.05, 4.69) is 10.0 Å². The lowest BCUT2D eigenvalue weighted by Crippen LogP contribution is -2.44. The van der Waals surface area contributed by atoms with Gasteiger partial charge in [-0.05, 0) is 24.1 Å². The van der Waals surface area contributed by atoms with Crippen molar-refractivity contribution < 1.29 is 8.78 Å². The predicted octanol–water partition coefficient (Wildman–Crippen LogP) is 3.42. The van der Waals surface area contributed by atoms with Crippen molar-refractivity contribution in [3.05, 3.63) is 46.3 Å². The third-order valence-electron chi connectivity index (χ3n) is 3.37. The standard InChI is InChI=1S/C13H16F2N4/c14-11(10-4-2-1-3-5-10)8-19-7-6-13(17-18-16)12(15)9-19/h1-5,11-13H,6-9H2. The molecule has 1 saturated heterocycles. The molecule has 6 heteroatoms. The van der Waals surface area contributed by atoms with Gasteiger partial charge in [0.2, 0.25) is 0 Å². The zero-order valence-corrected chi connectivity index (χ0v) is 10.5. The Morgan fingerprint density at radius 3 is 2.79 bits per heavy atom. The summed E-state index contributed by atoms with van der Waals surface area (Å²) in [6.07, 6.45) is -1.90. The Hall–Kier alpha value is -1.65. The summed E-state index contributed by atoms with van der Waals surface area (Å²) in [6.45, 7) is 0.849. The molecular weight excluding hydrogens is 250 g/mol. The van der Waals surface area contributed by atoms with Crippen LogP contribution in [0.2, 0.25) is 0 Å². The van der Waals surface area contributed by atoms with E-state index in [-0.39, 0.29) is 13.1 Å². The number of hydrogen-bond acceptors (Lipinski definition) is 2. The first-order valence-corrected chi connectivity index (χ1v) is 6.30. The highest BCUT2D eigenvalue weighted by Gasteiger charge is 2.29. The van der Waals surface area contributed by atoms with Gasteiger partial charge in [-0.1, -0.05) is 35.4 Å². The van der Waals surface area contributed by atoms with Crippen LogP contribution in [0, 0.1) is 0 Å². The Bertz CT molecular complexity index is 447. The summed E-state index contributed by atoms with van der Waals surface area (Å²) in [4.78, 5) is 4.38. The van der Waals surface area contributed by atoms with Crippen LogP contribution in [0.3, 0.4) is 0 Å². The molecule has 1 aliphatic rings. The Labute approximate surface area is 110 Å². The molecule has 1 fully saturated rings. The Morgan fingerprint density at radius 1 is 1.42 bits per heavy atom. The fourth-order valence-corrected chi connectivity index (χ4v) is 2.31. The highest BCUT2D eigenvalue weighted by molar-refractivity contribution is 5.17. The number of hydrogen-bond donors (Lipinski definition) is 0. The van der Waals surface area contributed by atoms with Crippen LogP contribution < -0.4 is 0 Å². The largest absolute Gasteiger partial charge is 0.297 e. The Kier molecular flexibility index (Phi) is 4.71. The van der Waals surface area contributed by atoms with Crippen molar-refractivity contribution in [2.45, 2.75) is 24.8 Å². The van der Waals surface area contributed by atoms with Crippen molar-refractivity contribution in [2.24, 2.45) is 5.11 Å². The molecule has 102 valence electrons. The number of nitrogens with zero attached hydrogens (tertiary/aromatic N) is 4. The van der Waals surface area contributed by atoms with Crippen molar-refractivity contribution >= 4 is 0 Å². The van der Waals surface area contributed by atoms with E-state index in [0.717, 1.165) is 0 Å². The molecule has 1 heterocycles. The molecule has 0 spiro atoms. The number of piperidine rings is 1. The zero-order chi connectivity index (χ0) is 13.7. The van der Waals surface area contributed by atoms with Gasteiger partial charge in [0.1, 0.15) is 12.3 Å². The molecule has 0 aliphatic carbocycles. The van der Waals surface area contributed by atoms with Crippen LogP contribution in [0.1, 0.15) is 18.2 Å². The highest BCUT2D eigenvalue weighted by atomic mass is 19.1. The van der Waals surface area contributed by atoms with Crippen molar-refractivity contribution in [2.75, 3.05) is 19.6 Å². The molecule has 3 atom stereocenters. The van der Waals surface area contributed by atoms with E-state index in [0.29, 0.717) is 18.5 Å². The molecule has 19 heavy (non-hydrogen) atoms. The number of halogens is 2. The smallest absolute Gasteiger partial charge is 0.138 e. The van der Waals surface area contributed by atoms with Crippen LogP contribution in [-0.2, 0) is 0 Å². The van der Waals surface area contributed by atoms with Crippen molar-refractivity contribution in [3.8, 4) is 0 Å². The second kappa shape index (κ2) is 6.50. The fraction of sp³-hybridized carbons (Fsp3) is 0.538. The van der Waals surface area contributed by atoms with E-state index >= 15 is 0 Å². The Balaban J connectivity index is 1.89. The summed E-state index contributed by atoms with van der Waals surface area (Å²) in [5, 5.41) is 3.42. The molecule has 0 saturated carbocycles. The molecule has 1 aliphatic heterocycles. The minimum atomic E-state index is -1.22. The van der Waals surface area contributed by atoms with Gasteiger partial charge in [-0.3, -0.25) is 4.90 Å². The maximum absolute atomic E-state index is 14.0. The summed E-state index contributed by atoms with van der Waals surface area (Å²) >= 11 is 0. The zero-order valence-electron chi connectivity index (χ0n) is 10.5. The summed E-state index contributed by atoms with van der Waals surface area (Å²) in [5.74, 6) is 0. The first-order valence-electron chi connectivity index (χ1n) is 6.30. The number of likely N-dealkylation sites (tertiary alicyclic amines) is 1. The maximum atomic E-state index is 14.0. The average Bonchev–Trinajstić information content (AvgIpc) is 2.43. The number of azide groups is 1. The molecule has 4 nitrogen and oxygen atoms in total. The van der Waals surface area contributed by atoms with Crippen LogP contribution in [0.15, 0.2) is 35.4 Å². The number of rotatable bonds is 4. The average molecular weight is 266 g/mol. The van der Waals surface area contributed by atoms with E-state index < -0.39 is 18.4 Å². The normalized spacial score (nSPS) is 25.6. The van der Waals surface area contributed by atoms with Gasteiger partial charge in [0.05, 0.1) is 6.04 Å². The minimum Gasteiger partial charge on any atom is -0.297 e. The highest BCUT2D eigenvalue weighted by Crippen LogP contribution is 2.23. The van der Waals surface area contributed by atoms with Crippen LogP contribution in [-0.4, -0.2) is 36.7 Å². The van der Waals surface area contributed by atoms with Crippen molar-refractivity contribution in [1.82, 2.24) is 4.90 Å². The van der Waals surface area contributed by atoms with Gasteiger partial charge in [-0.2, -0.15) is 0 Å². The van der Waals surface area contributed by atoms with Gasteiger partial charge in [-0.25, -0.2) is 8.78 Å². The molecule has 0 radical (unpaired) electrons. The summed E-state index contributed by atoms with van der Waals surface area (Å²) in [6, 6.07) is 8.24. The van der Waals surface area contributed by atoms with Gasteiger partial charge >= 0.3 is 0 Å². The van der Waals surface area contributed by atoms with E-state index in [1.54, 1.807) is 29.2 Å². The van der Waals surface area contributed by atoms with Gasteiger partial charge in [0, 0.05) is 18.0 Å². The monoisotopic (exact) mass is 266 g/mol. The van der Waals surface area contributed by atoms with Crippen molar-refractivity contribution in [3.63, 3.8) is 0 Å². The lowest BCUT2D eigenvalue weighted by molar-refractivity contribution is 0.0955. The van der Waals surface area contributed by atoms with Gasteiger partial charge in [-0.15, -0.1) is 0 Å². The summed E-state index contributed by atoms with van der Waals surface area (Å²) in [5.41, 5.74) is 8.92. The maximum Gasteiger partial charge on any atom is 0.138 e. The summed E-state index contributed by atoms with van der Waals surface area (Å²) in [7, 11) is 0. The van der Waals surface area contributed by atoms with Crippen LogP contribution in [0.25, 0.3) is 10.4 Å². The molecule has 2 rings (SSSR count). The molecular formula is C13H16F2N4. The number of alkyl halides is 2. The molecule has 0 N–H and O–H groups in total. The molecule has 0 amide bonds. The van der Waals surface area contributed by atoms with E-state index in [1.807, 2.05) is 6.07 Å². The third kappa shape index (κ3) is 3.66. The first-order chi connectivity index (χ1) is 9.20. The van der Waals surface area contributed by atoms with Crippen LogP contribution in [0.5, 0.6) is 0 Å². The SMILES string of the molecule is [N-]=[N+]=NC1CCN(CC(F)c2ccccc2)CC1F. The molecule has 3 unspecified atom stereocenters. The lowest BCUT2D eigenvalue weighted by Gasteiger charge is -2.33.